The van der Waals surface area contributed by atoms with Crippen molar-refractivity contribution in [1.29, 1.82) is 0 Å². The minimum absolute atomic E-state index is 0.389. The Kier molecular flexibility index (Phi) is 1.86. The first-order chi connectivity index (χ1) is 6.68. The Morgan fingerprint density at radius 2 is 2.21 bits per heavy atom. The van der Waals surface area contributed by atoms with Crippen LogP contribution in [-0.4, -0.2) is 11.2 Å². The van der Waals surface area contributed by atoms with Crippen LogP contribution in [0.15, 0.2) is 23.2 Å². The Balaban J connectivity index is 2.42. The number of hydrogen-bond donors (Lipinski definition) is 1. The second-order valence-electron chi connectivity index (χ2n) is 3.40. The van der Waals surface area contributed by atoms with E-state index in [0.717, 1.165) is 12.8 Å². The van der Waals surface area contributed by atoms with Crippen molar-refractivity contribution < 1.29 is 14.3 Å². The Hall–Kier alpha value is -1.67. The lowest BCUT2D eigenvalue weighted by Crippen LogP contribution is -2.02. The summed E-state index contributed by atoms with van der Waals surface area (Å²) in [4.78, 5) is 13.8. The van der Waals surface area contributed by atoms with Crippen LogP contribution < -0.4 is 0 Å². The first-order valence-electron chi connectivity index (χ1n) is 4.26. The highest BCUT2D eigenvalue weighted by molar-refractivity contribution is 5.42. The molecule has 3 nitrogen and oxygen atoms in total. The van der Waals surface area contributed by atoms with Crippen molar-refractivity contribution in [3.05, 3.63) is 29.6 Å². The van der Waals surface area contributed by atoms with E-state index in [1.54, 1.807) is 6.07 Å². The number of phenolic OH excluding ortho intramolecular Hbond substituents is 1. The fourth-order valence-electron chi connectivity index (χ4n) is 1.47. The van der Waals surface area contributed by atoms with Crippen LogP contribution in [0.3, 0.4) is 0 Å². The molecule has 0 unspecified atom stereocenters. The standard InChI is InChI=1S/C10H8FNO2/c11-8-5-7(1-2-9(8)14)10(3-4-10)12-6-13/h1-2,5,14H,3-4H2. The Morgan fingerprint density at radius 1 is 1.50 bits per heavy atom. The predicted molar refractivity (Wildman–Crippen MR) is 47.1 cm³/mol. The average molecular weight is 193 g/mol. The van der Waals surface area contributed by atoms with E-state index in [1.165, 1.54) is 18.2 Å². The molecular weight excluding hydrogens is 185 g/mol. The number of phenols is 1. The largest absolute Gasteiger partial charge is 0.505 e. The van der Waals surface area contributed by atoms with Crippen LogP contribution in [0.25, 0.3) is 0 Å². The summed E-state index contributed by atoms with van der Waals surface area (Å²) < 4.78 is 13.0. The van der Waals surface area contributed by atoms with Gasteiger partial charge < -0.3 is 5.11 Å². The van der Waals surface area contributed by atoms with Gasteiger partial charge >= 0.3 is 0 Å². The summed E-state index contributed by atoms with van der Waals surface area (Å²) in [6, 6.07) is 4.06. The van der Waals surface area contributed by atoms with Crippen LogP contribution in [0.5, 0.6) is 5.75 Å². The van der Waals surface area contributed by atoms with Crippen LogP contribution in [-0.2, 0) is 10.3 Å². The summed E-state index contributed by atoms with van der Waals surface area (Å²) in [7, 11) is 0. The molecule has 72 valence electrons. The van der Waals surface area contributed by atoms with Gasteiger partial charge in [-0.3, -0.25) is 0 Å². The maximum atomic E-state index is 13.0. The number of carbonyl (C=O) groups excluding carboxylic acids is 1. The molecule has 1 N–H and O–H groups in total. The number of nitrogens with zero attached hydrogens (tertiary/aromatic N) is 1. The number of isocyanates is 1. The monoisotopic (exact) mass is 193 g/mol. The molecule has 0 saturated heterocycles. The van der Waals surface area contributed by atoms with Crippen molar-refractivity contribution in [2.45, 2.75) is 18.4 Å². The van der Waals surface area contributed by atoms with Crippen molar-refractivity contribution >= 4 is 6.08 Å². The molecule has 0 bridgehead atoms. The van der Waals surface area contributed by atoms with Gasteiger partial charge in [-0.05, 0) is 30.5 Å². The SMILES string of the molecule is O=C=NC1(c2ccc(O)c(F)c2)CC1. The van der Waals surface area contributed by atoms with Crippen molar-refractivity contribution in [3.8, 4) is 5.75 Å². The highest BCUT2D eigenvalue weighted by Gasteiger charge is 2.45. The van der Waals surface area contributed by atoms with Crippen LogP contribution in [0.1, 0.15) is 18.4 Å². The van der Waals surface area contributed by atoms with Gasteiger partial charge in [-0.15, -0.1) is 0 Å². The summed E-state index contributed by atoms with van der Waals surface area (Å²) in [6.45, 7) is 0. The molecule has 0 spiro atoms. The lowest BCUT2D eigenvalue weighted by molar-refractivity contribution is 0.431. The predicted octanol–water partition coefficient (Wildman–Crippen LogP) is 1.86. The maximum absolute atomic E-state index is 13.0. The molecule has 0 aliphatic heterocycles. The van der Waals surface area contributed by atoms with Gasteiger partial charge in [0.15, 0.2) is 11.6 Å². The average Bonchev–Trinajstić information content (AvgIpc) is 2.91. The molecule has 2 rings (SSSR count). The summed E-state index contributed by atoms with van der Waals surface area (Å²) >= 11 is 0. The molecule has 1 aliphatic rings. The highest BCUT2D eigenvalue weighted by Crippen LogP contribution is 2.49. The second-order valence-corrected chi connectivity index (χ2v) is 3.40. The molecule has 1 aromatic carbocycles. The van der Waals surface area contributed by atoms with Gasteiger partial charge in [0, 0.05) is 0 Å². The van der Waals surface area contributed by atoms with Gasteiger partial charge in [-0.1, -0.05) is 6.07 Å². The second kappa shape index (κ2) is 2.93. The minimum atomic E-state index is -0.685. The van der Waals surface area contributed by atoms with E-state index in [9.17, 15) is 9.18 Å². The Bertz CT molecular complexity index is 420. The van der Waals surface area contributed by atoms with E-state index in [2.05, 4.69) is 4.99 Å². The summed E-state index contributed by atoms with van der Waals surface area (Å²) in [5.74, 6) is -1.07. The van der Waals surface area contributed by atoms with Gasteiger partial charge in [0.25, 0.3) is 0 Å². The van der Waals surface area contributed by atoms with E-state index in [4.69, 9.17) is 5.11 Å². The van der Waals surface area contributed by atoms with Crippen molar-refractivity contribution in [2.24, 2.45) is 4.99 Å². The molecule has 0 radical (unpaired) electrons. The molecule has 4 heteroatoms. The maximum Gasteiger partial charge on any atom is 0.235 e. The first-order valence-corrected chi connectivity index (χ1v) is 4.26. The van der Waals surface area contributed by atoms with Crippen LogP contribution in [0.2, 0.25) is 0 Å². The van der Waals surface area contributed by atoms with Crippen LogP contribution >= 0.6 is 0 Å². The number of hydrogen-bond acceptors (Lipinski definition) is 3. The van der Waals surface area contributed by atoms with Crippen LogP contribution in [0.4, 0.5) is 4.39 Å². The fraction of sp³-hybridized carbons (Fsp3) is 0.300. The van der Waals surface area contributed by atoms with E-state index >= 15 is 0 Å². The molecule has 0 amide bonds. The van der Waals surface area contributed by atoms with Gasteiger partial charge in [0.2, 0.25) is 6.08 Å². The third-order valence-corrected chi connectivity index (χ3v) is 2.47. The molecule has 1 saturated carbocycles. The molecule has 14 heavy (non-hydrogen) atoms. The lowest BCUT2D eigenvalue weighted by Gasteiger charge is -2.07. The van der Waals surface area contributed by atoms with E-state index in [0.29, 0.717) is 5.56 Å². The van der Waals surface area contributed by atoms with Crippen molar-refractivity contribution in [3.63, 3.8) is 0 Å². The minimum Gasteiger partial charge on any atom is -0.505 e. The Morgan fingerprint density at radius 3 is 2.71 bits per heavy atom. The molecule has 1 aliphatic carbocycles. The smallest absolute Gasteiger partial charge is 0.235 e. The van der Waals surface area contributed by atoms with E-state index in [1.807, 2.05) is 0 Å². The zero-order valence-electron chi connectivity index (χ0n) is 7.33. The molecule has 0 heterocycles. The zero-order valence-corrected chi connectivity index (χ0v) is 7.33. The van der Waals surface area contributed by atoms with Crippen molar-refractivity contribution in [1.82, 2.24) is 0 Å². The summed E-state index contributed by atoms with van der Waals surface area (Å²) in [5.41, 5.74) is 0.0483. The molecule has 1 aromatic rings. The third kappa shape index (κ3) is 1.30. The van der Waals surface area contributed by atoms with Gasteiger partial charge in [0.1, 0.15) is 0 Å². The molecule has 0 aromatic heterocycles. The normalized spacial score (nSPS) is 17.2. The van der Waals surface area contributed by atoms with E-state index in [-0.39, 0.29) is 5.75 Å². The Labute approximate surface area is 79.9 Å². The summed E-state index contributed by atoms with van der Waals surface area (Å²) in [5, 5.41) is 8.98. The highest BCUT2D eigenvalue weighted by atomic mass is 19.1. The van der Waals surface area contributed by atoms with Gasteiger partial charge in [-0.25, -0.2) is 9.18 Å². The number of rotatable bonds is 2. The first kappa shape index (κ1) is 8.91. The summed E-state index contributed by atoms with van der Waals surface area (Å²) in [6.07, 6.45) is 2.95. The molecule has 1 fully saturated rings. The van der Waals surface area contributed by atoms with E-state index < -0.39 is 11.4 Å². The molecule has 0 atom stereocenters. The topological polar surface area (TPSA) is 49.7 Å². The number of aromatic hydroxyl groups is 1. The van der Waals surface area contributed by atoms with Gasteiger partial charge in [-0.2, -0.15) is 4.99 Å². The van der Waals surface area contributed by atoms with Gasteiger partial charge in [0.05, 0.1) is 5.54 Å². The zero-order chi connectivity index (χ0) is 10.2. The quantitative estimate of drug-likeness (QED) is 0.575. The number of benzene rings is 1. The lowest BCUT2D eigenvalue weighted by atomic mass is 10.1. The fourth-order valence-corrected chi connectivity index (χ4v) is 1.47. The van der Waals surface area contributed by atoms with Crippen LogP contribution in [0, 0.1) is 5.82 Å². The number of aliphatic imine (C=N–C) groups is 1. The third-order valence-electron chi connectivity index (χ3n) is 2.47. The van der Waals surface area contributed by atoms with Crippen molar-refractivity contribution in [2.75, 3.05) is 0 Å². The molecular formula is C10H8FNO2. The number of halogens is 1.